The number of phenolic OH excluding ortho intramolecular Hbond substituents is 1. The number of hydrogen-bond acceptors (Lipinski definition) is 3. The molecule has 1 amide bonds. The molecule has 0 heterocycles. The SMILES string of the molecule is COCC(Br)CCNC(=O)c1ccc(O)cc1F. The molecule has 0 saturated heterocycles. The Morgan fingerprint density at radius 1 is 1.61 bits per heavy atom. The number of benzene rings is 1. The number of alkyl halides is 1. The van der Waals surface area contributed by atoms with Crippen molar-refractivity contribution in [2.24, 2.45) is 0 Å². The number of carbonyl (C=O) groups excluding carboxylic acids is 1. The lowest BCUT2D eigenvalue weighted by molar-refractivity contribution is 0.0948. The van der Waals surface area contributed by atoms with Crippen molar-refractivity contribution in [3.05, 3.63) is 29.6 Å². The van der Waals surface area contributed by atoms with E-state index in [2.05, 4.69) is 21.2 Å². The first-order valence-electron chi connectivity index (χ1n) is 5.44. The van der Waals surface area contributed by atoms with Gasteiger partial charge in [-0.25, -0.2) is 4.39 Å². The van der Waals surface area contributed by atoms with Gasteiger partial charge in [0.15, 0.2) is 0 Å². The number of carbonyl (C=O) groups is 1. The van der Waals surface area contributed by atoms with E-state index < -0.39 is 11.7 Å². The minimum atomic E-state index is -0.736. The predicted octanol–water partition coefficient (Wildman–Crippen LogP) is 2.06. The van der Waals surface area contributed by atoms with Crippen LogP contribution >= 0.6 is 15.9 Å². The Balaban J connectivity index is 2.45. The Kier molecular flexibility index (Phi) is 6.07. The molecule has 4 nitrogen and oxygen atoms in total. The molecule has 0 saturated carbocycles. The molecular weight excluding hydrogens is 305 g/mol. The summed E-state index contributed by atoms with van der Waals surface area (Å²) in [5.41, 5.74) is -0.0781. The van der Waals surface area contributed by atoms with Crippen LogP contribution in [0.1, 0.15) is 16.8 Å². The lowest BCUT2D eigenvalue weighted by Gasteiger charge is -2.10. The lowest BCUT2D eigenvalue weighted by atomic mass is 10.2. The van der Waals surface area contributed by atoms with Crippen LogP contribution < -0.4 is 5.32 Å². The van der Waals surface area contributed by atoms with E-state index in [4.69, 9.17) is 9.84 Å². The second-order valence-electron chi connectivity index (χ2n) is 3.76. The zero-order chi connectivity index (χ0) is 13.5. The molecule has 0 aliphatic carbocycles. The molecule has 0 bridgehead atoms. The van der Waals surface area contributed by atoms with Gasteiger partial charge in [0.2, 0.25) is 0 Å². The fraction of sp³-hybridized carbons (Fsp3) is 0.417. The molecule has 0 spiro atoms. The highest BCUT2D eigenvalue weighted by molar-refractivity contribution is 9.09. The zero-order valence-corrected chi connectivity index (χ0v) is 11.5. The molecule has 6 heteroatoms. The maximum atomic E-state index is 13.4. The Labute approximate surface area is 113 Å². The van der Waals surface area contributed by atoms with Crippen LogP contribution in [0.25, 0.3) is 0 Å². The van der Waals surface area contributed by atoms with Crippen molar-refractivity contribution in [2.75, 3.05) is 20.3 Å². The molecule has 0 radical (unpaired) electrons. The van der Waals surface area contributed by atoms with E-state index in [1.165, 1.54) is 12.1 Å². The molecule has 1 unspecified atom stereocenters. The van der Waals surface area contributed by atoms with Crippen molar-refractivity contribution in [3.8, 4) is 5.75 Å². The van der Waals surface area contributed by atoms with Gasteiger partial charge < -0.3 is 15.2 Å². The monoisotopic (exact) mass is 319 g/mol. The van der Waals surface area contributed by atoms with Crippen molar-refractivity contribution in [1.29, 1.82) is 0 Å². The van der Waals surface area contributed by atoms with Crippen molar-refractivity contribution >= 4 is 21.8 Å². The van der Waals surface area contributed by atoms with Gasteiger partial charge in [0.25, 0.3) is 5.91 Å². The summed E-state index contributed by atoms with van der Waals surface area (Å²) in [6.07, 6.45) is 0.680. The van der Waals surface area contributed by atoms with Crippen molar-refractivity contribution in [2.45, 2.75) is 11.2 Å². The Hall–Kier alpha value is -1.14. The number of methoxy groups -OCH3 is 1. The van der Waals surface area contributed by atoms with E-state index >= 15 is 0 Å². The minimum Gasteiger partial charge on any atom is -0.508 e. The summed E-state index contributed by atoms with van der Waals surface area (Å²) >= 11 is 3.38. The van der Waals surface area contributed by atoms with E-state index in [0.29, 0.717) is 19.6 Å². The normalized spacial score (nSPS) is 12.2. The maximum absolute atomic E-state index is 13.4. The molecular formula is C12H15BrFNO3. The fourth-order valence-electron chi connectivity index (χ4n) is 1.39. The van der Waals surface area contributed by atoms with Gasteiger partial charge in [0.05, 0.1) is 12.2 Å². The predicted molar refractivity (Wildman–Crippen MR) is 69.6 cm³/mol. The fourth-order valence-corrected chi connectivity index (χ4v) is 1.88. The average molecular weight is 320 g/mol. The second kappa shape index (κ2) is 7.33. The third kappa shape index (κ3) is 4.62. The summed E-state index contributed by atoms with van der Waals surface area (Å²) in [7, 11) is 1.60. The van der Waals surface area contributed by atoms with Gasteiger partial charge in [-0.2, -0.15) is 0 Å². The number of rotatable bonds is 6. The van der Waals surface area contributed by atoms with Crippen LogP contribution in [-0.2, 0) is 4.74 Å². The van der Waals surface area contributed by atoms with Crippen molar-refractivity contribution in [1.82, 2.24) is 5.32 Å². The zero-order valence-electron chi connectivity index (χ0n) is 9.95. The van der Waals surface area contributed by atoms with Crippen LogP contribution in [0, 0.1) is 5.82 Å². The van der Waals surface area contributed by atoms with Crippen molar-refractivity contribution in [3.63, 3.8) is 0 Å². The number of phenols is 1. The quantitative estimate of drug-likeness (QED) is 0.789. The topological polar surface area (TPSA) is 58.6 Å². The van der Waals surface area contributed by atoms with Crippen LogP contribution in [0.5, 0.6) is 5.75 Å². The number of halogens is 2. The number of hydrogen-bond donors (Lipinski definition) is 2. The maximum Gasteiger partial charge on any atom is 0.254 e. The van der Waals surface area contributed by atoms with Gasteiger partial charge in [-0.05, 0) is 18.6 Å². The largest absolute Gasteiger partial charge is 0.508 e. The lowest BCUT2D eigenvalue weighted by Crippen LogP contribution is -2.27. The molecule has 0 aliphatic heterocycles. The Morgan fingerprint density at radius 3 is 2.94 bits per heavy atom. The number of nitrogens with one attached hydrogen (secondary N) is 1. The van der Waals surface area contributed by atoms with Crippen LogP contribution in [0.2, 0.25) is 0 Å². The first-order chi connectivity index (χ1) is 8.54. The second-order valence-corrected chi connectivity index (χ2v) is 5.06. The van der Waals surface area contributed by atoms with Crippen LogP contribution in [-0.4, -0.2) is 36.1 Å². The van der Waals surface area contributed by atoms with Crippen LogP contribution in [0.4, 0.5) is 4.39 Å². The van der Waals surface area contributed by atoms with Gasteiger partial charge in [0.1, 0.15) is 11.6 Å². The highest BCUT2D eigenvalue weighted by Gasteiger charge is 2.12. The molecule has 1 aromatic rings. The van der Waals surface area contributed by atoms with Gasteiger partial charge >= 0.3 is 0 Å². The van der Waals surface area contributed by atoms with E-state index in [9.17, 15) is 9.18 Å². The summed E-state index contributed by atoms with van der Waals surface area (Å²) < 4.78 is 18.3. The molecule has 0 fully saturated rings. The molecule has 0 aromatic heterocycles. The molecule has 1 aromatic carbocycles. The standard InChI is InChI=1S/C12H15BrFNO3/c1-18-7-8(13)4-5-15-12(17)10-3-2-9(16)6-11(10)14/h2-3,6,8,16H,4-5,7H2,1H3,(H,15,17). The van der Waals surface area contributed by atoms with Gasteiger partial charge in [-0.3, -0.25) is 4.79 Å². The summed E-state index contributed by atoms with van der Waals surface area (Å²) in [5, 5.41) is 11.6. The third-order valence-electron chi connectivity index (χ3n) is 2.29. The minimum absolute atomic E-state index is 0.0781. The van der Waals surface area contributed by atoms with E-state index in [1.54, 1.807) is 7.11 Å². The summed E-state index contributed by atoms with van der Waals surface area (Å²) in [4.78, 5) is 11.8. The summed E-state index contributed by atoms with van der Waals surface area (Å²) in [6, 6.07) is 3.43. The number of ether oxygens (including phenoxy) is 1. The highest BCUT2D eigenvalue weighted by Crippen LogP contribution is 2.14. The first-order valence-corrected chi connectivity index (χ1v) is 6.36. The molecule has 1 rings (SSSR count). The van der Waals surface area contributed by atoms with Gasteiger partial charge in [-0.15, -0.1) is 0 Å². The molecule has 100 valence electrons. The smallest absolute Gasteiger partial charge is 0.254 e. The average Bonchev–Trinajstić information content (AvgIpc) is 2.29. The van der Waals surface area contributed by atoms with E-state index in [0.717, 1.165) is 6.07 Å². The molecule has 18 heavy (non-hydrogen) atoms. The van der Waals surface area contributed by atoms with Crippen LogP contribution in [0.3, 0.4) is 0 Å². The first kappa shape index (κ1) is 14.9. The molecule has 1 atom stereocenters. The van der Waals surface area contributed by atoms with Crippen LogP contribution in [0.15, 0.2) is 18.2 Å². The summed E-state index contributed by atoms with van der Waals surface area (Å²) in [5.74, 6) is -1.44. The van der Waals surface area contributed by atoms with E-state index in [1.807, 2.05) is 0 Å². The molecule has 0 aliphatic rings. The number of aromatic hydroxyl groups is 1. The van der Waals surface area contributed by atoms with E-state index in [-0.39, 0.29) is 16.1 Å². The van der Waals surface area contributed by atoms with Gasteiger partial charge in [-0.1, -0.05) is 15.9 Å². The highest BCUT2D eigenvalue weighted by atomic mass is 79.9. The molecule has 2 N–H and O–H groups in total. The Bertz CT molecular complexity index is 414. The van der Waals surface area contributed by atoms with Gasteiger partial charge in [0, 0.05) is 24.5 Å². The third-order valence-corrected chi connectivity index (χ3v) is 3.01. The number of amides is 1. The van der Waals surface area contributed by atoms with Crippen molar-refractivity contribution < 1.29 is 19.0 Å². The summed E-state index contributed by atoms with van der Waals surface area (Å²) in [6.45, 7) is 0.960. The Morgan fingerprint density at radius 2 is 2.33 bits per heavy atom.